The Morgan fingerprint density at radius 1 is 1.47 bits per heavy atom. The van der Waals surface area contributed by atoms with Crippen LogP contribution in [0.5, 0.6) is 0 Å². The second kappa shape index (κ2) is 4.15. The monoisotopic (exact) mass is 210 g/mol. The average molecular weight is 210 g/mol. The van der Waals surface area contributed by atoms with E-state index in [0.29, 0.717) is 12.5 Å². The van der Waals surface area contributed by atoms with Gasteiger partial charge in [0.15, 0.2) is 0 Å². The highest BCUT2D eigenvalue weighted by atomic mass is 16.5. The third-order valence-electron chi connectivity index (χ3n) is 4.13. The van der Waals surface area contributed by atoms with Gasteiger partial charge in [0, 0.05) is 0 Å². The summed E-state index contributed by atoms with van der Waals surface area (Å²) in [6.07, 6.45) is 7.08. The largest absolute Gasteiger partial charge is 0.466 e. The number of ether oxygens (including phenoxy) is 1. The summed E-state index contributed by atoms with van der Waals surface area (Å²) in [6.45, 7) is 4.71. The van der Waals surface area contributed by atoms with Gasteiger partial charge in [-0.25, -0.2) is 0 Å². The Bertz CT molecular complexity index is 245. The maximum absolute atomic E-state index is 12.1. The van der Waals surface area contributed by atoms with Crippen molar-refractivity contribution < 1.29 is 9.53 Å². The quantitative estimate of drug-likeness (QED) is 0.654. The summed E-state index contributed by atoms with van der Waals surface area (Å²) in [4.78, 5) is 12.1. The molecule has 0 aromatic carbocycles. The molecule has 2 fully saturated rings. The highest BCUT2D eigenvalue weighted by molar-refractivity contribution is 5.77. The molecule has 2 heteroatoms. The van der Waals surface area contributed by atoms with E-state index in [1.165, 1.54) is 19.3 Å². The van der Waals surface area contributed by atoms with Crippen LogP contribution >= 0.6 is 0 Å². The van der Waals surface area contributed by atoms with Gasteiger partial charge in [0.2, 0.25) is 0 Å². The molecule has 2 saturated carbocycles. The lowest BCUT2D eigenvalue weighted by Gasteiger charge is -2.45. The summed E-state index contributed by atoms with van der Waals surface area (Å²) in [5.41, 5.74) is -0.101. The van der Waals surface area contributed by atoms with Crippen molar-refractivity contribution >= 4 is 5.97 Å². The van der Waals surface area contributed by atoms with Gasteiger partial charge in [-0.05, 0) is 44.4 Å². The minimum Gasteiger partial charge on any atom is -0.466 e. The van der Waals surface area contributed by atoms with Gasteiger partial charge in [0.25, 0.3) is 0 Å². The van der Waals surface area contributed by atoms with Crippen molar-refractivity contribution in [2.75, 3.05) is 6.61 Å². The summed E-state index contributed by atoms with van der Waals surface area (Å²) >= 11 is 0. The Labute approximate surface area is 92.4 Å². The zero-order valence-electron chi connectivity index (χ0n) is 9.92. The predicted octanol–water partition coefficient (Wildman–Crippen LogP) is 3.16. The van der Waals surface area contributed by atoms with Crippen LogP contribution in [0, 0.1) is 17.3 Å². The Morgan fingerprint density at radius 2 is 2.27 bits per heavy atom. The van der Waals surface area contributed by atoms with Gasteiger partial charge >= 0.3 is 5.97 Å². The number of fused-ring (bicyclic) bond motifs is 2. The van der Waals surface area contributed by atoms with E-state index in [-0.39, 0.29) is 11.4 Å². The van der Waals surface area contributed by atoms with Crippen LogP contribution in [-0.4, -0.2) is 12.6 Å². The number of esters is 1. The van der Waals surface area contributed by atoms with E-state index >= 15 is 0 Å². The highest BCUT2D eigenvalue weighted by Crippen LogP contribution is 2.51. The molecule has 2 aliphatic rings. The van der Waals surface area contributed by atoms with Crippen LogP contribution in [-0.2, 0) is 9.53 Å². The molecule has 0 heterocycles. The molecule has 2 aliphatic carbocycles. The molecule has 0 saturated heterocycles. The van der Waals surface area contributed by atoms with Crippen LogP contribution in [0.2, 0.25) is 0 Å². The zero-order chi connectivity index (χ0) is 10.9. The molecule has 3 unspecified atom stereocenters. The smallest absolute Gasteiger partial charge is 0.312 e. The molecule has 3 atom stereocenters. The van der Waals surface area contributed by atoms with E-state index in [0.717, 1.165) is 25.2 Å². The maximum Gasteiger partial charge on any atom is 0.312 e. The Kier molecular flexibility index (Phi) is 3.03. The van der Waals surface area contributed by atoms with Crippen molar-refractivity contribution in [3.63, 3.8) is 0 Å². The molecule has 0 radical (unpaired) electrons. The van der Waals surface area contributed by atoms with Gasteiger partial charge in [-0.1, -0.05) is 19.8 Å². The van der Waals surface area contributed by atoms with Crippen LogP contribution in [0.25, 0.3) is 0 Å². The predicted molar refractivity (Wildman–Crippen MR) is 59.4 cm³/mol. The SMILES string of the molecule is CCOC(=O)C12CCCC(CC(C)C1)C2. The minimum atomic E-state index is -0.101. The molecule has 0 N–H and O–H groups in total. The molecule has 0 aromatic heterocycles. The minimum absolute atomic E-state index is 0.0845. The van der Waals surface area contributed by atoms with Gasteiger partial charge < -0.3 is 4.74 Å². The van der Waals surface area contributed by atoms with Crippen LogP contribution in [0.1, 0.15) is 52.4 Å². The molecule has 0 spiro atoms. The number of carbonyl (C=O) groups excluding carboxylic acids is 1. The molecule has 0 aliphatic heterocycles. The average Bonchev–Trinajstić information content (AvgIpc) is 2.17. The summed E-state index contributed by atoms with van der Waals surface area (Å²) in [7, 11) is 0. The zero-order valence-corrected chi connectivity index (χ0v) is 9.92. The Hall–Kier alpha value is -0.530. The van der Waals surface area contributed by atoms with Crippen LogP contribution in [0.15, 0.2) is 0 Å². The molecule has 2 nitrogen and oxygen atoms in total. The fourth-order valence-corrected chi connectivity index (χ4v) is 3.74. The van der Waals surface area contributed by atoms with Crippen molar-refractivity contribution in [2.24, 2.45) is 17.3 Å². The summed E-state index contributed by atoms with van der Waals surface area (Å²) in [6, 6.07) is 0. The first kappa shape index (κ1) is 11.0. The number of rotatable bonds is 2. The number of hydrogen-bond donors (Lipinski definition) is 0. The molecule has 2 rings (SSSR count). The standard InChI is InChI=1S/C13H22O2/c1-3-15-12(14)13-6-4-5-11(9-13)7-10(2)8-13/h10-11H,3-9H2,1-2H3. The van der Waals surface area contributed by atoms with Gasteiger partial charge in [-0.2, -0.15) is 0 Å². The lowest BCUT2D eigenvalue weighted by molar-refractivity contribution is -0.162. The van der Waals surface area contributed by atoms with Gasteiger partial charge in [0.05, 0.1) is 12.0 Å². The Morgan fingerprint density at radius 3 is 3.00 bits per heavy atom. The van der Waals surface area contributed by atoms with E-state index in [1.807, 2.05) is 6.92 Å². The lowest BCUT2D eigenvalue weighted by atomic mass is 9.59. The van der Waals surface area contributed by atoms with Crippen molar-refractivity contribution in [3.05, 3.63) is 0 Å². The van der Waals surface area contributed by atoms with Gasteiger partial charge in [-0.15, -0.1) is 0 Å². The van der Waals surface area contributed by atoms with E-state index in [9.17, 15) is 4.79 Å². The number of carbonyl (C=O) groups is 1. The summed E-state index contributed by atoms with van der Waals surface area (Å²) in [5, 5.41) is 0. The summed E-state index contributed by atoms with van der Waals surface area (Å²) in [5.74, 6) is 1.57. The Balaban J connectivity index is 2.13. The van der Waals surface area contributed by atoms with E-state index < -0.39 is 0 Å². The molecule has 86 valence electrons. The molecular formula is C13H22O2. The second-order valence-electron chi connectivity index (χ2n) is 5.51. The van der Waals surface area contributed by atoms with Crippen molar-refractivity contribution in [2.45, 2.75) is 52.4 Å². The first-order valence-corrected chi connectivity index (χ1v) is 6.33. The van der Waals surface area contributed by atoms with Crippen molar-refractivity contribution in [1.29, 1.82) is 0 Å². The highest BCUT2D eigenvalue weighted by Gasteiger charge is 2.47. The van der Waals surface area contributed by atoms with Gasteiger partial charge in [-0.3, -0.25) is 4.79 Å². The van der Waals surface area contributed by atoms with Crippen LogP contribution < -0.4 is 0 Å². The van der Waals surface area contributed by atoms with E-state index in [4.69, 9.17) is 4.74 Å². The topological polar surface area (TPSA) is 26.3 Å². The van der Waals surface area contributed by atoms with Crippen LogP contribution in [0.4, 0.5) is 0 Å². The first-order valence-electron chi connectivity index (χ1n) is 6.33. The van der Waals surface area contributed by atoms with E-state index in [1.54, 1.807) is 0 Å². The number of hydrogen-bond acceptors (Lipinski definition) is 2. The van der Waals surface area contributed by atoms with Crippen molar-refractivity contribution in [1.82, 2.24) is 0 Å². The fraction of sp³-hybridized carbons (Fsp3) is 0.923. The van der Waals surface area contributed by atoms with Gasteiger partial charge in [0.1, 0.15) is 0 Å². The van der Waals surface area contributed by atoms with Crippen LogP contribution in [0.3, 0.4) is 0 Å². The summed E-state index contributed by atoms with van der Waals surface area (Å²) < 4.78 is 5.27. The fourth-order valence-electron chi connectivity index (χ4n) is 3.74. The normalized spacial score (nSPS) is 39.9. The van der Waals surface area contributed by atoms with Crippen molar-refractivity contribution in [3.8, 4) is 0 Å². The molecule has 15 heavy (non-hydrogen) atoms. The maximum atomic E-state index is 12.1. The third-order valence-corrected chi connectivity index (χ3v) is 4.13. The van der Waals surface area contributed by atoms with E-state index in [2.05, 4.69) is 6.92 Å². The molecule has 2 bridgehead atoms. The molecular weight excluding hydrogens is 188 g/mol. The lowest BCUT2D eigenvalue weighted by Crippen LogP contribution is -2.43. The molecule has 0 aromatic rings. The second-order valence-corrected chi connectivity index (χ2v) is 5.51. The third kappa shape index (κ3) is 2.04. The first-order chi connectivity index (χ1) is 7.16. The molecule has 0 amide bonds.